The molecular weight excluding hydrogens is 407 g/mol. The maximum absolute atomic E-state index is 12.7. The average molecular weight is 435 g/mol. The Morgan fingerprint density at radius 2 is 1.87 bits per heavy atom. The van der Waals surface area contributed by atoms with Gasteiger partial charge in [0.15, 0.2) is 0 Å². The van der Waals surface area contributed by atoms with Crippen LogP contribution in [0.4, 0.5) is 13.2 Å². The van der Waals surface area contributed by atoms with Gasteiger partial charge in [0.1, 0.15) is 12.9 Å². The van der Waals surface area contributed by atoms with Crippen molar-refractivity contribution in [1.82, 2.24) is 15.2 Å². The van der Waals surface area contributed by atoms with Gasteiger partial charge in [-0.1, -0.05) is 30.3 Å². The third-order valence-corrected chi connectivity index (χ3v) is 5.69. The van der Waals surface area contributed by atoms with E-state index in [9.17, 15) is 18.0 Å². The summed E-state index contributed by atoms with van der Waals surface area (Å²) in [5, 5.41) is 3.25. The van der Waals surface area contributed by atoms with E-state index in [4.69, 9.17) is 4.74 Å². The molecule has 1 aromatic carbocycles. The summed E-state index contributed by atoms with van der Waals surface area (Å²) in [5.41, 5.74) is 0.613. The lowest BCUT2D eigenvalue weighted by Crippen LogP contribution is -2.52. The highest BCUT2D eigenvalue weighted by atomic mass is 19.4. The molecule has 1 saturated heterocycles. The smallest absolute Gasteiger partial charge is 0.366 e. The van der Waals surface area contributed by atoms with Crippen LogP contribution in [0.2, 0.25) is 0 Å². The second-order valence-electron chi connectivity index (χ2n) is 7.88. The number of benzene rings is 1. The lowest BCUT2D eigenvalue weighted by Gasteiger charge is -2.41. The van der Waals surface area contributed by atoms with Gasteiger partial charge in [0.2, 0.25) is 0 Å². The number of likely N-dealkylation sites (tertiary alicyclic amines) is 1. The summed E-state index contributed by atoms with van der Waals surface area (Å²) >= 11 is 0. The molecule has 1 aliphatic heterocycles. The molecule has 2 heterocycles. The molecule has 5 nitrogen and oxygen atoms in total. The number of aromatic nitrogens is 1. The molecule has 31 heavy (non-hydrogen) atoms. The average Bonchev–Trinajstić information content (AvgIpc) is 2.78. The van der Waals surface area contributed by atoms with Crippen LogP contribution in [0.5, 0.6) is 0 Å². The van der Waals surface area contributed by atoms with Crippen molar-refractivity contribution < 1.29 is 22.7 Å². The summed E-state index contributed by atoms with van der Waals surface area (Å²) < 4.78 is 43.9. The van der Waals surface area contributed by atoms with Crippen molar-refractivity contribution in [3.8, 4) is 0 Å². The van der Waals surface area contributed by atoms with Crippen molar-refractivity contribution in [2.45, 2.75) is 37.6 Å². The molecule has 0 amide bonds. The maximum atomic E-state index is 12.7. The lowest BCUT2D eigenvalue weighted by atomic mass is 9.90. The van der Waals surface area contributed by atoms with Crippen LogP contribution in [0.15, 0.2) is 48.7 Å². The molecule has 1 N–H and O–H groups in total. The second-order valence-corrected chi connectivity index (χ2v) is 7.88. The van der Waals surface area contributed by atoms with Gasteiger partial charge in [0.05, 0.1) is 16.9 Å². The van der Waals surface area contributed by atoms with E-state index in [1.165, 1.54) is 11.6 Å². The molecule has 0 saturated carbocycles. The monoisotopic (exact) mass is 435 g/mol. The molecule has 1 aromatic heterocycles. The van der Waals surface area contributed by atoms with Crippen LogP contribution in [-0.4, -0.2) is 54.6 Å². The molecule has 8 heteroatoms. The van der Waals surface area contributed by atoms with Crippen molar-refractivity contribution >= 4 is 6.29 Å². The number of hydrogen-bond acceptors (Lipinski definition) is 5. The predicted octanol–water partition coefficient (Wildman–Crippen LogP) is 3.48. The van der Waals surface area contributed by atoms with E-state index < -0.39 is 17.3 Å². The van der Waals surface area contributed by atoms with Gasteiger partial charge in [-0.2, -0.15) is 13.2 Å². The number of carbonyl (C=O) groups excluding carboxylic acids is 1. The fourth-order valence-electron chi connectivity index (χ4n) is 3.81. The topological polar surface area (TPSA) is 54.5 Å². The van der Waals surface area contributed by atoms with Crippen molar-refractivity contribution in [3.05, 3.63) is 65.5 Å². The number of pyridine rings is 1. The Kier molecular flexibility index (Phi) is 8.17. The van der Waals surface area contributed by atoms with E-state index in [0.29, 0.717) is 18.8 Å². The molecule has 0 spiro atoms. The van der Waals surface area contributed by atoms with E-state index in [-0.39, 0.29) is 6.61 Å². The lowest BCUT2D eigenvalue weighted by molar-refractivity contribution is -0.137. The highest BCUT2D eigenvalue weighted by Gasteiger charge is 2.35. The standard InChI is InChI=1S/C23H28F3N3O2/c24-23(25,26)20-6-7-21(28-16-20)17-27-18-22(31-15-14-30)9-12-29(13-10-22)11-8-19-4-2-1-3-5-19/h1-7,14,16,27H,8-13,15,17-18H2. The summed E-state index contributed by atoms with van der Waals surface area (Å²) in [4.78, 5) is 17.1. The molecule has 1 aliphatic rings. The van der Waals surface area contributed by atoms with Gasteiger partial charge in [-0.05, 0) is 37.0 Å². The molecule has 168 valence electrons. The van der Waals surface area contributed by atoms with E-state index in [1.54, 1.807) is 0 Å². The summed E-state index contributed by atoms with van der Waals surface area (Å²) in [6, 6.07) is 12.8. The van der Waals surface area contributed by atoms with Gasteiger partial charge in [-0.15, -0.1) is 0 Å². The zero-order valence-corrected chi connectivity index (χ0v) is 17.4. The fourth-order valence-corrected chi connectivity index (χ4v) is 3.81. The number of halogens is 3. The molecule has 0 radical (unpaired) electrons. The highest BCUT2D eigenvalue weighted by molar-refractivity contribution is 5.50. The minimum Gasteiger partial charge on any atom is -0.366 e. The summed E-state index contributed by atoms with van der Waals surface area (Å²) in [6.07, 6.45) is -0.241. The Hall–Kier alpha value is -2.29. The van der Waals surface area contributed by atoms with E-state index in [0.717, 1.165) is 57.4 Å². The van der Waals surface area contributed by atoms with E-state index in [1.807, 2.05) is 18.2 Å². The van der Waals surface area contributed by atoms with Gasteiger partial charge in [-0.3, -0.25) is 4.98 Å². The van der Waals surface area contributed by atoms with Crippen molar-refractivity contribution in [3.63, 3.8) is 0 Å². The molecule has 3 rings (SSSR count). The molecule has 0 unspecified atom stereocenters. The molecule has 0 atom stereocenters. The van der Waals surface area contributed by atoms with Crippen LogP contribution in [0.3, 0.4) is 0 Å². The van der Waals surface area contributed by atoms with Crippen LogP contribution in [0, 0.1) is 0 Å². The molecule has 0 bridgehead atoms. The Balaban J connectivity index is 1.49. The van der Waals surface area contributed by atoms with Gasteiger partial charge in [0.25, 0.3) is 0 Å². The number of aldehydes is 1. The van der Waals surface area contributed by atoms with Crippen LogP contribution < -0.4 is 5.32 Å². The molecular formula is C23H28F3N3O2. The predicted molar refractivity (Wildman–Crippen MR) is 112 cm³/mol. The number of hydrogen-bond donors (Lipinski definition) is 1. The van der Waals surface area contributed by atoms with E-state index >= 15 is 0 Å². The Labute approximate surface area is 180 Å². The van der Waals surface area contributed by atoms with Crippen LogP contribution in [0.25, 0.3) is 0 Å². The highest BCUT2D eigenvalue weighted by Crippen LogP contribution is 2.29. The third kappa shape index (κ3) is 7.12. The summed E-state index contributed by atoms with van der Waals surface area (Å²) in [5.74, 6) is 0. The van der Waals surface area contributed by atoms with Crippen LogP contribution in [-0.2, 0) is 28.7 Å². The van der Waals surface area contributed by atoms with Crippen LogP contribution in [0.1, 0.15) is 29.7 Å². The van der Waals surface area contributed by atoms with Gasteiger partial charge in [-0.25, -0.2) is 0 Å². The van der Waals surface area contributed by atoms with Crippen molar-refractivity contribution in [1.29, 1.82) is 0 Å². The maximum Gasteiger partial charge on any atom is 0.417 e. The second kappa shape index (κ2) is 10.8. The Bertz CT molecular complexity index is 805. The normalized spacial score (nSPS) is 16.9. The summed E-state index contributed by atoms with van der Waals surface area (Å²) in [6.45, 7) is 3.58. The largest absolute Gasteiger partial charge is 0.417 e. The number of rotatable bonds is 10. The van der Waals surface area contributed by atoms with Crippen molar-refractivity contribution in [2.75, 3.05) is 32.8 Å². The first kappa shape index (κ1) is 23.4. The quantitative estimate of drug-likeness (QED) is 0.579. The minimum absolute atomic E-state index is 0.0320. The Morgan fingerprint density at radius 3 is 2.48 bits per heavy atom. The SMILES string of the molecule is O=CCOC1(CNCc2ccc(C(F)(F)F)cn2)CCN(CCc2ccccc2)CC1. The molecule has 2 aromatic rings. The third-order valence-electron chi connectivity index (χ3n) is 5.69. The number of nitrogens with zero attached hydrogens (tertiary/aromatic N) is 2. The van der Waals surface area contributed by atoms with Gasteiger partial charge < -0.3 is 19.7 Å². The first-order valence-electron chi connectivity index (χ1n) is 10.5. The summed E-state index contributed by atoms with van der Waals surface area (Å²) in [7, 11) is 0. The number of nitrogens with one attached hydrogen (secondary N) is 1. The van der Waals surface area contributed by atoms with E-state index in [2.05, 4.69) is 27.3 Å². The minimum atomic E-state index is -4.39. The number of ether oxygens (including phenoxy) is 1. The van der Waals surface area contributed by atoms with Gasteiger partial charge >= 0.3 is 6.18 Å². The molecule has 1 fully saturated rings. The first-order valence-corrected chi connectivity index (χ1v) is 10.5. The zero-order chi connectivity index (χ0) is 22.2. The first-order chi connectivity index (χ1) is 14.9. The number of alkyl halides is 3. The number of carbonyl (C=O) groups is 1. The fraction of sp³-hybridized carbons (Fsp3) is 0.478. The van der Waals surface area contributed by atoms with Gasteiger partial charge in [0, 0.05) is 38.9 Å². The Morgan fingerprint density at radius 1 is 1.13 bits per heavy atom. The van der Waals surface area contributed by atoms with Crippen LogP contribution >= 0.6 is 0 Å². The zero-order valence-electron chi connectivity index (χ0n) is 17.4. The molecule has 0 aliphatic carbocycles. The number of piperidine rings is 1. The van der Waals surface area contributed by atoms with Crippen molar-refractivity contribution in [2.24, 2.45) is 0 Å².